The molecule has 4 aliphatic carbocycles. The van der Waals surface area contributed by atoms with E-state index >= 15 is 0 Å². The van der Waals surface area contributed by atoms with Gasteiger partial charge in [-0.2, -0.15) is 0 Å². The fourth-order valence-electron chi connectivity index (χ4n) is 8.02. The largest absolute Gasteiger partial charge is 0.393 e. The van der Waals surface area contributed by atoms with Gasteiger partial charge in [-0.3, -0.25) is 0 Å². The Morgan fingerprint density at radius 3 is 2.40 bits per heavy atom. The smallest absolute Gasteiger partial charge is 0.0578 e. The predicted octanol–water partition coefficient (Wildman–Crippen LogP) is 6.53. The van der Waals surface area contributed by atoms with Gasteiger partial charge in [-0.15, -0.1) is 0 Å². The van der Waals surface area contributed by atoms with E-state index in [2.05, 4.69) is 53.7 Å². The van der Waals surface area contributed by atoms with Crippen LogP contribution in [-0.2, 0) is 0 Å². The minimum Gasteiger partial charge on any atom is -0.393 e. The van der Waals surface area contributed by atoms with Crippen molar-refractivity contribution in [2.45, 2.75) is 105 Å². The lowest BCUT2D eigenvalue weighted by atomic mass is 9.50. The van der Waals surface area contributed by atoms with Gasteiger partial charge in [0.15, 0.2) is 0 Å². The van der Waals surface area contributed by atoms with Gasteiger partial charge in [0, 0.05) is 0 Å². The van der Waals surface area contributed by atoms with E-state index in [4.69, 9.17) is 0 Å². The molecule has 0 amide bonds. The van der Waals surface area contributed by atoms with Gasteiger partial charge >= 0.3 is 0 Å². The fourth-order valence-corrected chi connectivity index (χ4v) is 8.02. The molecule has 0 bridgehead atoms. The van der Waals surface area contributed by atoms with Crippen LogP contribution in [0, 0.1) is 46.3 Å². The van der Waals surface area contributed by atoms with Gasteiger partial charge < -0.3 is 10.2 Å². The quantitative estimate of drug-likeness (QED) is 0.537. The number of aliphatic hydroxyl groups excluding tert-OH is 2. The van der Waals surface area contributed by atoms with Crippen LogP contribution in [0.5, 0.6) is 0 Å². The first-order valence-corrected chi connectivity index (χ1v) is 12.8. The molecule has 4 aliphatic rings. The molecule has 0 saturated heterocycles. The minimum absolute atomic E-state index is 0.139. The van der Waals surface area contributed by atoms with E-state index in [-0.39, 0.29) is 17.6 Å². The molecule has 0 heterocycles. The van der Waals surface area contributed by atoms with Crippen molar-refractivity contribution in [2.75, 3.05) is 0 Å². The second kappa shape index (κ2) is 8.07. The number of hydrogen-bond donors (Lipinski definition) is 2. The van der Waals surface area contributed by atoms with Gasteiger partial charge in [0.2, 0.25) is 0 Å². The van der Waals surface area contributed by atoms with Crippen LogP contribution in [0.2, 0.25) is 0 Å². The van der Waals surface area contributed by atoms with E-state index < -0.39 is 0 Å². The van der Waals surface area contributed by atoms with Gasteiger partial charge in [-0.1, -0.05) is 64.8 Å². The Morgan fingerprint density at radius 1 is 0.967 bits per heavy atom. The second-order valence-electron chi connectivity index (χ2n) is 12.4. The van der Waals surface area contributed by atoms with E-state index in [0.717, 1.165) is 25.7 Å². The predicted molar refractivity (Wildman–Crippen MR) is 125 cm³/mol. The number of fused-ring (bicyclic) bond motifs is 5. The molecule has 0 radical (unpaired) electrons. The molecule has 0 spiro atoms. The van der Waals surface area contributed by atoms with Crippen molar-refractivity contribution < 1.29 is 10.2 Å². The maximum absolute atomic E-state index is 11.1. The Balaban J connectivity index is 1.55. The van der Waals surface area contributed by atoms with Gasteiger partial charge in [-0.05, 0) is 97.7 Å². The topological polar surface area (TPSA) is 40.5 Å². The zero-order valence-electron chi connectivity index (χ0n) is 20.3. The van der Waals surface area contributed by atoms with Crippen molar-refractivity contribution in [1.29, 1.82) is 0 Å². The molecular weight excluding hydrogens is 368 g/mol. The highest BCUT2D eigenvalue weighted by molar-refractivity contribution is 5.38. The van der Waals surface area contributed by atoms with Gasteiger partial charge in [-0.25, -0.2) is 0 Å². The summed E-state index contributed by atoms with van der Waals surface area (Å²) in [5.41, 5.74) is 3.81. The summed E-state index contributed by atoms with van der Waals surface area (Å²) in [6.07, 6.45) is 13.6. The van der Waals surface area contributed by atoms with Crippen LogP contribution >= 0.6 is 0 Å². The summed E-state index contributed by atoms with van der Waals surface area (Å²) in [7, 11) is 0. The standard InChI is InChI=1S/C28H46O2/c1-17(2)18(3)15-26(30)19(4)23-9-10-24-22-8-7-20-16-21(29)11-13-27(20,5)25(22)12-14-28(23,24)6/h7-8,17-19,21,23-26,29-30H,9-16H2,1-6H3/t18?,19-,21-,23+,24-,25-,26+,27-,28+/m0/s1. The normalized spacial score (nSPS) is 43.8. The van der Waals surface area contributed by atoms with Crippen molar-refractivity contribution >= 4 is 0 Å². The van der Waals surface area contributed by atoms with Crippen molar-refractivity contribution in [1.82, 2.24) is 0 Å². The molecule has 2 N–H and O–H groups in total. The number of allylic oxidation sites excluding steroid dienone is 3. The summed E-state index contributed by atoms with van der Waals surface area (Å²) in [6, 6.07) is 0. The lowest BCUT2D eigenvalue weighted by Crippen LogP contribution is -2.47. The third-order valence-corrected chi connectivity index (χ3v) is 10.6. The summed E-state index contributed by atoms with van der Waals surface area (Å²) < 4.78 is 0. The van der Waals surface area contributed by atoms with Crippen molar-refractivity contribution in [3.05, 3.63) is 23.3 Å². The van der Waals surface area contributed by atoms with Crippen LogP contribution in [0.25, 0.3) is 0 Å². The lowest BCUT2D eigenvalue weighted by molar-refractivity contribution is -0.00814. The van der Waals surface area contributed by atoms with Crippen molar-refractivity contribution in [2.24, 2.45) is 46.3 Å². The van der Waals surface area contributed by atoms with E-state index in [1.165, 1.54) is 31.3 Å². The second-order valence-corrected chi connectivity index (χ2v) is 12.4. The SMILES string of the molecule is CC(C)C(C)C[C@@H](O)[C@@H](C)[C@H]1CC[C@H]2C3=CC=C4C[C@@H](O)CC[C@]4(C)[C@H]3CC[C@]12C. The third-order valence-electron chi connectivity index (χ3n) is 10.6. The monoisotopic (exact) mass is 414 g/mol. The lowest BCUT2D eigenvalue weighted by Gasteiger charge is -2.55. The molecule has 0 aromatic heterocycles. The Bertz CT molecular complexity index is 705. The molecule has 0 aromatic rings. The molecule has 3 fully saturated rings. The maximum atomic E-state index is 11.1. The molecule has 170 valence electrons. The molecule has 0 aromatic carbocycles. The van der Waals surface area contributed by atoms with Crippen LogP contribution in [0.3, 0.4) is 0 Å². The van der Waals surface area contributed by atoms with Crippen LogP contribution < -0.4 is 0 Å². The highest BCUT2D eigenvalue weighted by atomic mass is 16.3. The van der Waals surface area contributed by atoms with Gasteiger partial charge in [0.25, 0.3) is 0 Å². The third kappa shape index (κ3) is 3.54. The van der Waals surface area contributed by atoms with Crippen LogP contribution in [-0.4, -0.2) is 22.4 Å². The van der Waals surface area contributed by atoms with Crippen molar-refractivity contribution in [3.63, 3.8) is 0 Å². The Morgan fingerprint density at radius 2 is 1.70 bits per heavy atom. The molecule has 2 heteroatoms. The van der Waals surface area contributed by atoms with E-state index in [1.54, 1.807) is 5.57 Å². The zero-order valence-corrected chi connectivity index (χ0v) is 20.3. The molecule has 4 rings (SSSR count). The first-order valence-electron chi connectivity index (χ1n) is 12.8. The number of rotatable bonds is 5. The Labute approximate surface area is 185 Å². The van der Waals surface area contributed by atoms with Crippen LogP contribution in [0.4, 0.5) is 0 Å². The minimum atomic E-state index is -0.176. The molecule has 1 unspecified atom stereocenters. The van der Waals surface area contributed by atoms with E-state index in [0.29, 0.717) is 40.9 Å². The summed E-state index contributed by atoms with van der Waals surface area (Å²) in [4.78, 5) is 0. The Kier molecular flexibility index (Phi) is 6.08. The summed E-state index contributed by atoms with van der Waals surface area (Å²) in [5.74, 6) is 3.58. The maximum Gasteiger partial charge on any atom is 0.0578 e. The average Bonchev–Trinajstić information content (AvgIpc) is 3.04. The first kappa shape index (κ1) is 22.6. The zero-order chi connectivity index (χ0) is 21.8. The van der Waals surface area contributed by atoms with Crippen LogP contribution in [0.1, 0.15) is 92.9 Å². The molecule has 30 heavy (non-hydrogen) atoms. The first-order chi connectivity index (χ1) is 14.1. The molecule has 0 aliphatic heterocycles. The van der Waals surface area contributed by atoms with E-state index in [1.807, 2.05) is 0 Å². The van der Waals surface area contributed by atoms with Crippen LogP contribution in [0.15, 0.2) is 23.3 Å². The van der Waals surface area contributed by atoms with Gasteiger partial charge in [0.05, 0.1) is 12.2 Å². The fraction of sp³-hybridized carbons (Fsp3) is 0.857. The molecule has 2 nitrogen and oxygen atoms in total. The van der Waals surface area contributed by atoms with Gasteiger partial charge in [0.1, 0.15) is 0 Å². The summed E-state index contributed by atoms with van der Waals surface area (Å²) in [6.45, 7) is 14.2. The molecular formula is C28H46O2. The average molecular weight is 415 g/mol. The summed E-state index contributed by atoms with van der Waals surface area (Å²) in [5, 5.41) is 21.3. The molecule has 3 saturated carbocycles. The highest BCUT2D eigenvalue weighted by Crippen LogP contribution is 2.66. The number of hydrogen-bond acceptors (Lipinski definition) is 2. The Hall–Kier alpha value is -0.600. The summed E-state index contributed by atoms with van der Waals surface area (Å²) >= 11 is 0. The highest BCUT2D eigenvalue weighted by Gasteiger charge is 2.57. The molecule has 9 atom stereocenters. The van der Waals surface area contributed by atoms with Crippen molar-refractivity contribution in [3.8, 4) is 0 Å². The number of aliphatic hydroxyl groups is 2. The van der Waals surface area contributed by atoms with E-state index in [9.17, 15) is 10.2 Å².